The van der Waals surface area contributed by atoms with E-state index in [9.17, 15) is 18.0 Å². The molecule has 0 saturated carbocycles. The van der Waals surface area contributed by atoms with Crippen molar-refractivity contribution >= 4 is 22.0 Å². The van der Waals surface area contributed by atoms with Crippen LogP contribution in [0.15, 0.2) is 53.7 Å². The fourth-order valence-electron chi connectivity index (χ4n) is 2.01. The van der Waals surface area contributed by atoms with Crippen molar-refractivity contribution in [3.8, 4) is 0 Å². The van der Waals surface area contributed by atoms with E-state index in [0.29, 0.717) is 5.56 Å². The molecule has 1 heterocycles. The summed E-state index contributed by atoms with van der Waals surface area (Å²) in [6.45, 7) is -0.545. The first kappa shape index (κ1) is 18.6. The van der Waals surface area contributed by atoms with Crippen molar-refractivity contribution < 1.29 is 27.9 Å². The molecule has 0 aliphatic rings. The molecule has 25 heavy (non-hydrogen) atoms. The number of carboxylic acids is 1. The van der Waals surface area contributed by atoms with Crippen LogP contribution in [0, 0.1) is 0 Å². The van der Waals surface area contributed by atoms with E-state index in [1.807, 2.05) is 0 Å². The number of pyridine rings is 1. The Morgan fingerprint density at radius 1 is 1.16 bits per heavy atom. The Morgan fingerprint density at radius 3 is 2.36 bits per heavy atom. The number of carbonyl (C=O) groups excluding carboxylic acids is 1. The Bertz CT molecular complexity index is 850. The van der Waals surface area contributed by atoms with Crippen LogP contribution >= 0.6 is 0 Å². The van der Waals surface area contributed by atoms with Crippen LogP contribution in [0.2, 0.25) is 0 Å². The van der Waals surface area contributed by atoms with E-state index in [-0.39, 0.29) is 17.1 Å². The first-order valence-electron chi connectivity index (χ1n) is 7.15. The van der Waals surface area contributed by atoms with Crippen LogP contribution in [0.4, 0.5) is 0 Å². The number of benzene rings is 1. The summed E-state index contributed by atoms with van der Waals surface area (Å²) in [5, 5.41) is 8.52. The second-order valence-corrected chi connectivity index (χ2v) is 6.91. The van der Waals surface area contributed by atoms with Gasteiger partial charge in [-0.2, -0.15) is 4.31 Å². The van der Waals surface area contributed by atoms with Crippen LogP contribution in [-0.4, -0.2) is 48.4 Å². The summed E-state index contributed by atoms with van der Waals surface area (Å²) >= 11 is 0. The summed E-state index contributed by atoms with van der Waals surface area (Å²) in [6.07, 6.45) is 0.952. The van der Waals surface area contributed by atoms with Gasteiger partial charge in [0.1, 0.15) is 6.54 Å². The van der Waals surface area contributed by atoms with Crippen LogP contribution in [0.1, 0.15) is 15.9 Å². The lowest BCUT2D eigenvalue weighted by Crippen LogP contribution is -2.36. The summed E-state index contributed by atoms with van der Waals surface area (Å²) in [7, 11) is -2.96. The summed E-state index contributed by atoms with van der Waals surface area (Å²) in [6, 6.07) is 11.0. The first-order valence-corrected chi connectivity index (χ1v) is 8.59. The third-order valence-corrected chi connectivity index (χ3v) is 5.03. The molecule has 2 aromatic rings. The lowest BCUT2D eigenvalue weighted by atomic mass is 10.2. The minimum atomic E-state index is -4.12. The van der Waals surface area contributed by atoms with E-state index in [1.165, 1.54) is 0 Å². The zero-order chi connectivity index (χ0) is 18.4. The lowest BCUT2D eigenvalue weighted by molar-refractivity contribution is -0.140. The molecular formula is C16H16N2O6S. The Morgan fingerprint density at radius 2 is 1.84 bits per heavy atom. The molecule has 132 valence electrons. The Kier molecular flexibility index (Phi) is 5.84. The van der Waals surface area contributed by atoms with Gasteiger partial charge in [-0.25, -0.2) is 18.2 Å². The highest BCUT2D eigenvalue weighted by Crippen LogP contribution is 2.17. The van der Waals surface area contributed by atoms with Gasteiger partial charge in [-0.15, -0.1) is 0 Å². The fraction of sp³-hybridized carbons (Fsp3) is 0.188. The minimum Gasteiger partial charge on any atom is -0.478 e. The standard InChI is InChI=1S/C16H16N2O6S/c1-24-15(19)11-18(10-12-5-3-2-4-6-12)25(22,23)14-8-7-13(9-17-14)16(20)21/h2-9H,10-11H2,1H3,(H,20,21). The average Bonchev–Trinajstić information content (AvgIpc) is 2.62. The molecule has 8 nitrogen and oxygen atoms in total. The molecule has 0 spiro atoms. The quantitative estimate of drug-likeness (QED) is 0.733. The van der Waals surface area contributed by atoms with E-state index in [0.717, 1.165) is 29.7 Å². The number of aromatic carboxylic acids is 1. The number of carboxylic acid groups (broad SMARTS) is 1. The summed E-state index contributed by atoms with van der Waals surface area (Å²) in [5.41, 5.74) is 0.540. The lowest BCUT2D eigenvalue weighted by Gasteiger charge is -2.20. The van der Waals surface area contributed by atoms with Gasteiger partial charge in [-0.05, 0) is 17.7 Å². The van der Waals surface area contributed by atoms with E-state index in [2.05, 4.69) is 9.72 Å². The maximum absolute atomic E-state index is 12.8. The van der Waals surface area contributed by atoms with Gasteiger partial charge in [0.15, 0.2) is 5.03 Å². The predicted octanol–water partition coefficient (Wildman–Crippen LogP) is 1.14. The van der Waals surface area contributed by atoms with Crippen molar-refractivity contribution in [2.75, 3.05) is 13.7 Å². The maximum atomic E-state index is 12.8. The van der Waals surface area contributed by atoms with Gasteiger partial charge < -0.3 is 9.84 Å². The van der Waals surface area contributed by atoms with Crippen LogP contribution in [-0.2, 0) is 26.1 Å². The van der Waals surface area contributed by atoms with Crippen LogP contribution < -0.4 is 0 Å². The molecule has 0 unspecified atom stereocenters. The molecule has 0 fully saturated rings. The largest absolute Gasteiger partial charge is 0.478 e. The zero-order valence-electron chi connectivity index (χ0n) is 13.3. The summed E-state index contributed by atoms with van der Waals surface area (Å²) in [4.78, 5) is 26.2. The molecule has 0 aliphatic carbocycles. The van der Waals surface area contributed by atoms with Gasteiger partial charge in [0.2, 0.25) is 0 Å². The molecule has 0 radical (unpaired) electrons. The van der Waals surface area contributed by atoms with E-state index < -0.39 is 28.5 Å². The Hall–Kier alpha value is -2.78. The number of sulfonamides is 1. The number of hydrogen-bond donors (Lipinski definition) is 1. The molecule has 1 aromatic heterocycles. The molecule has 1 N–H and O–H groups in total. The number of rotatable bonds is 7. The third-order valence-electron chi connectivity index (χ3n) is 3.32. The van der Waals surface area contributed by atoms with Crippen molar-refractivity contribution in [3.05, 3.63) is 59.8 Å². The molecule has 0 saturated heterocycles. The van der Waals surface area contributed by atoms with Crippen molar-refractivity contribution in [3.63, 3.8) is 0 Å². The number of carbonyl (C=O) groups is 2. The van der Waals surface area contributed by atoms with Gasteiger partial charge >= 0.3 is 11.9 Å². The average molecular weight is 364 g/mol. The zero-order valence-corrected chi connectivity index (χ0v) is 14.1. The van der Waals surface area contributed by atoms with Gasteiger partial charge in [-0.3, -0.25) is 4.79 Å². The molecule has 0 amide bonds. The Labute approximate surface area is 144 Å². The van der Waals surface area contributed by atoms with Gasteiger partial charge in [-0.1, -0.05) is 30.3 Å². The molecule has 0 aliphatic heterocycles. The molecule has 0 bridgehead atoms. The number of ether oxygens (including phenoxy) is 1. The van der Waals surface area contributed by atoms with Gasteiger partial charge in [0.05, 0.1) is 12.7 Å². The monoisotopic (exact) mass is 364 g/mol. The number of nitrogens with zero attached hydrogens (tertiary/aromatic N) is 2. The number of hydrogen-bond acceptors (Lipinski definition) is 6. The topological polar surface area (TPSA) is 114 Å². The van der Waals surface area contributed by atoms with Crippen LogP contribution in [0.5, 0.6) is 0 Å². The molecule has 1 aromatic carbocycles. The molecule has 0 atom stereocenters. The van der Waals surface area contributed by atoms with Crippen molar-refractivity contribution in [1.29, 1.82) is 0 Å². The highest BCUT2D eigenvalue weighted by atomic mass is 32.2. The smallest absolute Gasteiger partial charge is 0.337 e. The van der Waals surface area contributed by atoms with Crippen molar-refractivity contribution in [2.45, 2.75) is 11.6 Å². The fourth-order valence-corrected chi connectivity index (χ4v) is 3.30. The van der Waals surface area contributed by atoms with Crippen LogP contribution in [0.25, 0.3) is 0 Å². The van der Waals surface area contributed by atoms with E-state index in [4.69, 9.17) is 5.11 Å². The number of methoxy groups -OCH3 is 1. The first-order chi connectivity index (χ1) is 11.8. The predicted molar refractivity (Wildman–Crippen MR) is 87.3 cm³/mol. The summed E-state index contributed by atoms with van der Waals surface area (Å²) < 4.78 is 31.0. The highest BCUT2D eigenvalue weighted by molar-refractivity contribution is 7.89. The van der Waals surface area contributed by atoms with E-state index in [1.54, 1.807) is 30.3 Å². The van der Waals surface area contributed by atoms with Gasteiger partial charge in [0.25, 0.3) is 10.0 Å². The minimum absolute atomic E-state index is 0.0549. The highest BCUT2D eigenvalue weighted by Gasteiger charge is 2.28. The van der Waals surface area contributed by atoms with Crippen LogP contribution in [0.3, 0.4) is 0 Å². The SMILES string of the molecule is COC(=O)CN(Cc1ccccc1)S(=O)(=O)c1ccc(C(=O)O)cn1. The normalized spacial score (nSPS) is 11.3. The third kappa shape index (κ3) is 4.61. The van der Waals surface area contributed by atoms with Crippen molar-refractivity contribution in [1.82, 2.24) is 9.29 Å². The number of esters is 1. The summed E-state index contributed by atoms with van der Waals surface area (Å²) in [5.74, 6) is -1.94. The number of aromatic nitrogens is 1. The molecule has 9 heteroatoms. The second kappa shape index (κ2) is 7.86. The molecule has 2 rings (SSSR count). The molecular weight excluding hydrogens is 348 g/mol. The second-order valence-electron chi connectivity index (χ2n) is 5.03. The van der Waals surface area contributed by atoms with Crippen molar-refractivity contribution in [2.24, 2.45) is 0 Å². The maximum Gasteiger partial charge on any atom is 0.337 e. The Balaban J connectivity index is 2.36. The van der Waals surface area contributed by atoms with E-state index >= 15 is 0 Å². The van der Waals surface area contributed by atoms with Gasteiger partial charge in [0, 0.05) is 12.7 Å².